The van der Waals surface area contributed by atoms with Gasteiger partial charge in [-0.05, 0) is 32.9 Å². The van der Waals surface area contributed by atoms with Gasteiger partial charge in [-0.1, -0.05) is 0 Å². The summed E-state index contributed by atoms with van der Waals surface area (Å²) in [6, 6.07) is 0.596. The lowest BCUT2D eigenvalue weighted by atomic mass is 10.1. The Morgan fingerprint density at radius 3 is 2.92 bits per heavy atom. The van der Waals surface area contributed by atoms with Crippen molar-refractivity contribution in [3.8, 4) is 0 Å². The van der Waals surface area contributed by atoms with Crippen LogP contribution in [0.4, 0.5) is 0 Å². The van der Waals surface area contributed by atoms with E-state index in [2.05, 4.69) is 11.9 Å². The van der Waals surface area contributed by atoms with Crippen molar-refractivity contribution in [2.45, 2.75) is 31.4 Å². The average Bonchev–Trinajstić information content (AvgIpc) is 2.43. The number of methoxy groups -OCH3 is 1. The summed E-state index contributed by atoms with van der Waals surface area (Å²) in [6.45, 7) is 1.95. The molecule has 12 heavy (non-hydrogen) atoms. The molecular weight excluding hydrogens is 152 g/mol. The zero-order chi connectivity index (χ0) is 8.97. The van der Waals surface area contributed by atoms with Crippen LogP contribution in [0.5, 0.6) is 0 Å². The Hall–Kier alpha value is -0.120. The first-order valence-electron chi connectivity index (χ1n) is 4.72. The Labute approximate surface area is 74.9 Å². The molecule has 1 saturated heterocycles. The number of rotatable bonds is 4. The first-order valence-corrected chi connectivity index (χ1v) is 4.72. The highest BCUT2D eigenvalue weighted by Crippen LogP contribution is 2.21. The minimum atomic E-state index is 0.432. The van der Waals surface area contributed by atoms with E-state index in [9.17, 15) is 0 Å². The summed E-state index contributed by atoms with van der Waals surface area (Å²) in [5.41, 5.74) is 5.48. The smallest absolute Gasteiger partial charge is 0.0738 e. The van der Waals surface area contributed by atoms with Crippen LogP contribution in [-0.4, -0.2) is 44.3 Å². The molecule has 72 valence electrons. The average molecular weight is 172 g/mol. The second-order valence-corrected chi connectivity index (χ2v) is 3.54. The lowest BCUT2D eigenvalue weighted by Crippen LogP contribution is -2.33. The maximum absolute atomic E-state index is 5.48. The molecule has 2 unspecified atom stereocenters. The summed E-state index contributed by atoms with van der Waals surface area (Å²) in [7, 11) is 3.97. The first-order chi connectivity index (χ1) is 5.79. The van der Waals surface area contributed by atoms with Crippen LogP contribution < -0.4 is 5.73 Å². The fraction of sp³-hybridized carbons (Fsp3) is 1.00. The minimum absolute atomic E-state index is 0.432. The molecule has 3 heteroatoms. The molecule has 1 heterocycles. The molecule has 0 spiro atoms. The predicted molar refractivity (Wildman–Crippen MR) is 50.1 cm³/mol. The molecule has 0 aromatic rings. The summed E-state index contributed by atoms with van der Waals surface area (Å²) in [4.78, 5) is 2.38. The van der Waals surface area contributed by atoms with Gasteiger partial charge in [0.15, 0.2) is 0 Å². The Bertz CT molecular complexity index is 130. The molecule has 0 bridgehead atoms. The van der Waals surface area contributed by atoms with Crippen molar-refractivity contribution in [3.05, 3.63) is 0 Å². The fourth-order valence-electron chi connectivity index (χ4n) is 1.98. The number of hydrogen-bond acceptors (Lipinski definition) is 3. The Morgan fingerprint density at radius 2 is 2.33 bits per heavy atom. The van der Waals surface area contributed by atoms with E-state index in [1.54, 1.807) is 7.11 Å². The van der Waals surface area contributed by atoms with E-state index in [1.165, 1.54) is 12.8 Å². The number of likely N-dealkylation sites (tertiary alicyclic amines) is 1. The lowest BCUT2D eigenvalue weighted by Gasteiger charge is -2.23. The Kier molecular flexibility index (Phi) is 3.98. The highest BCUT2D eigenvalue weighted by Gasteiger charge is 2.30. The van der Waals surface area contributed by atoms with Gasteiger partial charge >= 0.3 is 0 Å². The Balaban J connectivity index is 2.35. The molecule has 2 N–H and O–H groups in total. The quantitative estimate of drug-likeness (QED) is 0.669. The van der Waals surface area contributed by atoms with Gasteiger partial charge in [0.2, 0.25) is 0 Å². The summed E-state index contributed by atoms with van der Waals surface area (Å²) >= 11 is 0. The highest BCUT2D eigenvalue weighted by molar-refractivity contribution is 4.85. The van der Waals surface area contributed by atoms with Crippen molar-refractivity contribution < 1.29 is 4.74 Å². The first kappa shape index (κ1) is 9.96. The van der Waals surface area contributed by atoms with Crippen LogP contribution in [0.25, 0.3) is 0 Å². The van der Waals surface area contributed by atoms with Gasteiger partial charge < -0.3 is 15.4 Å². The third-order valence-electron chi connectivity index (χ3n) is 2.77. The summed E-state index contributed by atoms with van der Waals surface area (Å²) in [5.74, 6) is 0. The molecule has 1 fully saturated rings. The monoisotopic (exact) mass is 172 g/mol. The highest BCUT2D eigenvalue weighted by atomic mass is 16.5. The molecule has 1 rings (SSSR count). The van der Waals surface area contributed by atoms with E-state index >= 15 is 0 Å². The SMILES string of the molecule is COC1CCN(C)C1CCCN. The third-order valence-corrected chi connectivity index (χ3v) is 2.77. The van der Waals surface area contributed by atoms with Crippen LogP contribution >= 0.6 is 0 Å². The van der Waals surface area contributed by atoms with Crippen molar-refractivity contribution in [1.82, 2.24) is 4.90 Å². The normalized spacial score (nSPS) is 31.2. The summed E-state index contributed by atoms with van der Waals surface area (Å²) < 4.78 is 5.41. The van der Waals surface area contributed by atoms with Crippen LogP contribution in [0.3, 0.4) is 0 Å². The van der Waals surface area contributed by atoms with Gasteiger partial charge in [-0.25, -0.2) is 0 Å². The van der Waals surface area contributed by atoms with E-state index in [-0.39, 0.29) is 0 Å². The second-order valence-electron chi connectivity index (χ2n) is 3.54. The molecule has 0 amide bonds. The summed E-state index contributed by atoms with van der Waals surface area (Å²) in [6.07, 6.45) is 3.88. The van der Waals surface area contributed by atoms with Crippen LogP contribution in [0, 0.1) is 0 Å². The number of nitrogens with two attached hydrogens (primary N) is 1. The minimum Gasteiger partial charge on any atom is -0.380 e. The molecule has 1 aliphatic rings. The topological polar surface area (TPSA) is 38.5 Å². The number of hydrogen-bond donors (Lipinski definition) is 1. The van der Waals surface area contributed by atoms with Crippen LogP contribution in [0.1, 0.15) is 19.3 Å². The lowest BCUT2D eigenvalue weighted by molar-refractivity contribution is 0.0679. The summed E-state index contributed by atoms with van der Waals surface area (Å²) in [5, 5.41) is 0. The van der Waals surface area contributed by atoms with Crippen molar-refractivity contribution in [2.75, 3.05) is 27.2 Å². The van der Waals surface area contributed by atoms with Crippen molar-refractivity contribution in [3.63, 3.8) is 0 Å². The van der Waals surface area contributed by atoms with Gasteiger partial charge in [0.1, 0.15) is 0 Å². The standard InChI is InChI=1S/C9H20N2O/c1-11-7-5-9(12-2)8(11)4-3-6-10/h8-9H,3-7,10H2,1-2H3. The Morgan fingerprint density at radius 1 is 1.58 bits per heavy atom. The van der Waals surface area contributed by atoms with E-state index in [0.717, 1.165) is 19.5 Å². The van der Waals surface area contributed by atoms with Crippen molar-refractivity contribution in [1.29, 1.82) is 0 Å². The van der Waals surface area contributed by atoms with E-state index in [1.807, 2.05) is 0 Å². The zero-order valence-electron chi connectivity index (χ0n) is 8.12. The zero-order valence-corrected chi connectivity index (χ0v) is 8.12. The number of likely N-dealkylation sites (N-methyl/N-ethyl adjacent to an activating group) is 1. The van der Waals surface area contributed by atoms with Gasteiger partial charge in [0.25, 0.3) is 0 Å². The fourth-order valence-corrected chi connectivity index (χ4v) is 1.98. The van der Waals surface area contributed by atoms with Gasteiger partial charge in [-0.15, -0.1) is 0 Å². The van der Waals surface area contributed by atoms with Crippen molar-refractivity contribution in [2.24, 2.45) is 5.73 Å². The molecule has 1 aliphatic heterocycles. The van der Waals surface area contributed by atoms with Gasteiger partial charge in [0.05, 0.1) is 6.10 Å². The molecule has 0 aliphatic carbocycles. The molecule has 0 saturated carbocycles. The van der Waals surface area contributed by atoms with E-state index < -0.39 is 0 Å². The van der Waals surface area contributed by atoms with Gasteiger partial charge in [-0.2, -0.15) is 0 Å². The molecule has 0 radical (unpaired) electrons. The second kappa shape index (κ2) is 4.80. The third kappa shape index (κ3) is 2.19. The maximum Gasteiger partial charge on any atom is 0.0738 e. The van der Waals surface area contributed by atoms with Crippen molar-refractivity contribution >= 4 is 0 Å². The maximum atomic E-state index is 5.48. The molecule has 0 aromatic carbocycles. The predicted octanol–water partition coefficient (Wildman–Crippen LogP) is 0.444. The van der Waals surface area contributed by atoms with Crippen LogP contribution in [-0.2, 0) is 4.74 Å². The molecule has 0 aromatic heterocycles. The van der Waals surface area contributed by atoms with Crippen LogP contribution in [0.15, 0.2) is 0 Å². The van der Waals surface area contributed by atoms with E-state index in [4.69, 9.17) is 10.5 Å². The largest absolute Gasteiger partial charge is 0.380 e. The van der Waals surface area contributed by atoms with Gasteiger partial charge in [-0.3, -0.25) is 0 Å². The molecular formula is C9H20N2O. The van der Waals surface area contributed by atoms with E-state index in [0.29, 0.717) is 12.1 Å². The number of nitrogens with zero attached hydrogens (tertiary/aromatic N) is 1. The van der Waals surface area contributed by atoms with Gasteiger partial charge in [0, 0.05) is 19.7 Å². The molecule has 3 nitrogen and oxygen atoms in total. The molecule has 2 atom stereocenters. The van der Waals surface area contributed by atoms with Crippen LogP contribution in [0.2, 0.25) is 0 Å². The number of ether oxygens (including phenoxy) is 1.